The molecule has 4 heteroatoms. The molecular formula is C15H16F2N2. The Bertz CT molecular complexity index is 570. The van der Waals surface area contributed by atoms with Gasteiger partial charge in [0, 0.05) is 24.3 Å². The van der Waals surface area contributed by atoms with Gasteiger partial charge in [-0.3, -0.25) is 4.98 Å². The molecule has 0 fully saturated rings. The number of rotatable bonds is 4. The van der Waals surface area contributed by atoms with Crippen molar-refractivity contribution in [3.63, 3.8) is 0 Å². The highest BCUT2D eigenvalue weighted by atomic mass is 19.1. The van der Waals surface area contributed by atoms with Crippen LogP contribution in [0.15, 0.2) is 36.5 Å². The SMILES string of the molecule is Cc1cccnc1CNC(C)c1cc(F)ccc1F. The van der Waals surface area contributed by atoms with Gasteiger partial charge in [0.25, 0.3) is 0 Å². The molecule has 1 N–H and O–H groups in total. The predicted octanol–water partition coefficient (Wildman–Crippen LogP) is 3.52. The van der Waals surface area contributed by atoms with E-state index in [2.05, 4.69) is 10.3 Å². The zero-order valence-electron chi connectivity index (χ0n) is 11.0. The minimum atomic E-state index is -0.431. The molecule has 1 unspecified atom stereocenters. The Labute approximate surface area is 111 Å². The lowest BCUT2D eigenvalue weighted by molar-refractivity contribution is 0.515. The van der Waals surface area contributed by atoms with E-state index in [9.17, 15) is 8.78 Å². The van der Waals surface area contributed by atoms with E-state index in [0.29, 0.717) is 12.1 Å². The average Bonchev–Trinajstić information content (AvgIpc) is 2.40. The summed E-state index contributed by atoms with van der Waals surface area (Å²) in [5.74, 6) is -0.835. The Morgan fingerprint density at radius 1 is 1.26 bits per heavy atom. The molecule has 100 valence electrons. The maximum Gasteiger partial charge on any atom is 0.128 e. The van der Waals surface area contributed by atoms with Crippen LogP contribution in [-0.4, -0.2) is 4.98 Å². The molecule has 1 atom stereocenters. The Kier molecular flexibility index (Phi) is 4.22. The molecule has 1 aromatic carbocycles. The number of hydrogen-bond donors (Lipinski definition) is 1. The van der Waals surface area contributed by atoms with Gasteiger partial charge in [-0.05, 0) is 43.7 Å². The van der Waals surface area contributed by atoms with Crippen LogP contribution in [-0.2, 0) is 6.54 Å². The van der Waals surface area contributed by atoms with Gasteiger partial charge in [0.2, 0.25) is 0 Å². The maximum atomic E-state index is 13.6. The molecule has 0 saturated carbocycles. The molecule has 2 nitrogen and oxygen atoms in total. The maximum absolute atomic E-state index is 13.6. The zero-order valence-corrected chi connectivity index (χ0v) is 11.0. The van der Waals surface area contributed by atoms with Crippen molar-refractivity contribution >= 4 is 0 Å². The first-order valence-corrected chi connectivity index (χ1v) is 6.16. The minimum Gasteiger partial charge on any atom is -0.304 e. The molecule has 0 radical (unpaired) electrons. The average molecular weight is 262 g/mol. The van der Waals surface area contributed by atoms with Crippen molar-refractivity contribution in [1.82, 2.24) is 10.3 Å². The van der Waals surface area contributed by atoms with Gasteiger partial charge in [0.1, 0.15) is 11.6 Å². The van der Waals surface area contributed by atoms with E-state index in [1.165, 1.54) is 6.07 Å². The lowest BCUT2D eigenvalue weighted by atomic mass is 10.1. The van der Waals surface area contributed by atoms with E-state index in [4.69, 9.17) is 0 Å². The topological polar surface area (TPSA) is 24.9 Å². The van der Waals surface area contributed by atoms with Crippen molar-refractivity contribution < 1.29 is 8.78 Å². The van der Waals surface area contributed by atoms with Crippen LogP contribution in [0.3, 0.4) is 0 Å². The number of aromatic nitrogens is 1. The third-order valence-electron chi connectivity index (χ3n) is 3.12. The summed E-state index contributed by atoms with van der Waals surface area (Å²) in [4.78, 5) is 4.25. The molecule has 0 aliphatic carbocycles. The molecular weight excluding hydrogens is 246 g/mol. The number of pyridine rings is 1. The minimum absolute atomic E-state index is 0.280. The molecule has 19 heavy (non-hydrogen) atoms. The number of aryl methyl sites for hydroxylation is 1. The van der Waals surface area contributed by atoms with E-state index >= 15 is 0 Å². The molecule has 0 aliphatic heterocycles. The van der Waals surface area contributed by atoms with Crippen LogP contribution in [0.4, 0.5) is 8.78 Å². The molecule has 0 spiro atoms. The van der Waals surface area contributed by atoms with Gasteiger partial charge in [-0.2, -0.15) is 0 Å². The number of hydrogen-bond acceptors (Lipinski definition) is 2. The van der Waals surface area contributed by atoms with Crippen molar-refractivity contribution in [2.45, 2.75) is 26.4 Å². The van der Waals surface area contributed by atoms with E-state index in [0.717, 1.165) is 23.4 Å². The van der Waals surface area contributed by atoms with Gasteiger partial charge in [-0.1, -0.05) is 6.07 Å². The summed E-state index contributed by atoms with van der Waals surface area (Å²) >= 11 is 0. The third kappa shape index (κ3) is 3.35. The quantitative estimate of drug-likeness (QED) is 0.912. The number of nitrogens with zero attached hydrogens (tertiary/aromatic N) is 1. The number of nitrogens with one attached hydrogen (secondary N) is 1. The Hall–Kier alpha value is -1.81. The molecule has 0 bridgehead atoms. The second-order valence-electron chi connectivity index (χ2n) is 4.54. The molecule has 2 aromatic rings. The lowest BCUT2D eigenvalue weighted by Crippen LogP contribution is -2.20. The first-order valence-electron chi connectivity index (χ1n) is 6.16. The summed E-state index contributed by atoms with van der Waals surface area (Å²) in [5.41, 5.74) is 2.31. The van der Waals surface area contributed by atoms with Crippen LogP contribution in [0.1, 0.15) is 29.8 Å². The monoisotopic (exact) mass is 262 g/mol. The fourth-order valence-corrected chi connectivity index (χ4v) is 1.91. The summed E-state index contributed by atoms with van der Waals surface area (Å²) in [6.45, 7) is 4.29. The van der Waals surface area contributed by atoms with Gasteiger partial charge in [0.15, 0.2) is 0 Å². The van der Waals surface area contributed by atoms with E-state index < -0.39 is 11.6 Å². The van der Waals surface area contributed by atoms with Crippen LogP contribution in [0.5, 0.6) is 0 Å². The van der Waals surface area contributed by atoms with Gasteiger partial charge in [-0.25, -0.2) is 8.78 Å². The van der Waals surface area contributed by atoms with E-state index in [-0.39, 0.29) is 6.04 Å². The summed E-state index contributed by atoms with van der Waals surface area (Å²) in [7, 11) is 0. The first kappa shape index (κ1) is 13.6. The van der Waals surface area contributed by atoms with Crippen molar-refractivity contribution in [3.8, 4) is 0 Å². The van der Waals surface area contributed by atoms with Crippen molar-refractivity contribution in [1.29, 1.82) is 0 Å². The van der Waals surface area contributed by atoms with Gasteiger partial charge in [0.05, 0.1) is 5.69 Å². The van der Waals surface area contributed by atoms with Crippen molar-refractivity contribution in [2.75, 3.05) is 0 Å². The summed E-state index contributed by atoms with van der Waals surface area (Å²) in [6, 6.07) is 7.05. The highest BCUT2D eigenvalue weighted by molar-refractivity contribution is 5.22. The number of benzene rings is 1. The highest BCUT2D eigenvalue weighted by Gasteiger charge is 2.12. The van der Waals surface area contributed by atoms with Crippen molar-refractivity contribution in [3.05, 3.63) is 65.0 Å². The van der Waals surface area contributed by atoms with Crippen LogP contribution in [0.2, 0.25) is 0 Å². The molecule has 0 aliphatic rings. The van der Waals surface area contributed by atoms with Crippen LogP contribution < -0.4 is 5.32 Å². The molecule has 1 aromatic heterocycles. The Morgan fingerprint density at radius 2 is 2.05 bits per heavy atom. The third-order valence-corrected chi connectivity index (χ3v) is 3.12. The smallest absolute Gasteiger partial charge is 0.128 e. The largest absolute Gasteiger partial charge is 0.304 e. The highest BCUT2D eigenvalue weighted by Crippen LogP contribution is 2.18. The lowest BCUT2D eigenvalue weighted by Gasteiger charge is -2.15. The molecule has 2 rings (SSSR count). The van der Waals surface area contributed by atoms with E-state index in [1.54, 1.807) is 13.1 Å². The number of halogens is 2. The van der Waals surface area contributed by atoms with E-state index in [1.807, 2.05) is 19.1 Å². The zero-order chi connectivity index (χ0) is 13.8. The van der Waals surface area contributed by atoms with Gasteiger partial charge < -0.3 is 5.32 Å². The Balaban J connectivity index is 2.07. The fraction of sp³-hybridized carbons (Fsp3) is 0.267. The fourth-order valence-electron chi connectivity index (χ4n) is 1.91. The standard InChI is InChI=1S/C15H16F2N2/c1-10-4-3-7-18-15(10)9-19-11(2)13-8-12(16)5-6-14(13)17/h3-8,11,19H,9H2,1-2H3. The normalized spacial score (nSPS) is 12.4. The summed E-state index contributed by atoms with van der Waals surface area (Å²) in [6.07, 6.45) is 1.72. The second kappa shape index (κ2) is 5.89. The first-order chi connectivity index (χ1) is 9.08. The van der Waals surface area contributed by atoms with Gasteiger partial charge >= 0.3 is 0 Å². The molecule has 0 saturated heterocycles. The summed E-state index contributed by atoms with van der Waals surface area (Å²) < 4.78 is 26.7. The van der Waals surface area contributed by atoms with Crippen LogP contribution in [0, 0.1) is 18.6 Å². The van der Waals surface area contributed by atoms with Crippen LogP contribution in [0.25, 0.3) is 0 Å². The molecule has 1 heterocycles. The summed E-state index contributed by atoms with van der Waals surface area (Å²) in [5, 5.41) is 3.15. The predicted molar refractivity (Wildman–Crippen MR) is 70.6 cm³/mol. The van der Waals surface area contributed by atoms with Gasteiger partial charge in [-0.15, -0.1) is 0 Å². The van der Waals surface area contributed by atoms with Crippen LogP contribution >= 0.6 is 0 Å². The Morgan fingerprint density at radius 3 is 2.79 bits per heavy atom. The van der Waals surface area contributed by atoms with Crippen molar-refractivity contribution in [2.24, 2.45) is 0 Å². The second-order valence-corrected chi connectivity index (χ2v) is 4.54. The molecule has 0 amide bonds.